The maximum Gasteiger partial charge on any atom is 0.238 e. The van der Waals surface area contributed by atoms with Gasteiger partial charge in [0.2, 0.25) is 11.8 Å². The molecule has 1 rings (SSSR count). The summed E-state index contributed by atoms with van der Waals surface area (Å²) in [5, 5.41) is 5.75. The summed E-state index contributed by atoms with van der Waals surface area (Å²) in [5.74, 6) is -0.252. The standard InChI is InChI=1S/C13H19ClN4O2/c1-16-12(19)5-6-18(2)8-13(20)17-11-4-3-9(14)7-10(11)15/h3-4,7H,5-6,8,15H2,1-2H3,(H,16,19)(H,17,20). The highest BCUT2D eigenvalue weighted by Crippen LogP contribution is 2.22. The summed E-state index contributed by atoms with van der Waals surface area (Å²) >= 11 is 5.78. The van der Waals surface area contributed by atoms with E-state index >= 15 is 0 Å². The van der Waals surface area contributed by atoms with Crippen LogP contribution in [0, 0.1) is 0 Å². The van der Waals surface area contributed by atoms with Crippen molar-refractivity contribution in [3.8, 4) is 0 Å². The van der Waals surface area contributed by atoms with Crippen LogP contribution in [0.4, 0.5) is 11.4 Å². The highest BCUT2D eigenvalue weighted by atomic mass is 35.5. The first kappa shape index (κ1) is 16.3. The number of rotatable bonds is 6. The molecule has 20 heavy (non-hydrogen) atoms. The second-order valence-electron chi connectivity index (χ2n) is 4.44. The molecular weight excluding hydrogens is 280 g/mol. The molecule has 0 aliphatic heterocycles. The molecule has 0 radical (unpaired) electrons. The fourth-order valence-corrected chi connectivity index (χ4v) is 1.76. The van der Waals surface area contributed by atoms with Crippen molar-refractivity contribution >= 4 is 34.8 Å². The van der Waals surface area contributed by atoms with E-state index in [9.17, 15) is 9.59 Å². The van der Waals surface area contributed by atoms with Crippen LogP contribution in [0.1, 0.15) is 6.42 Å². The van der Waals surface area contributed by atoms with Crippen molar-refractivity contribution in [2.75, 3.05) is 38.2 Å². The van der Waals surface area contributed by atoms with Crippen LogP contribution in [0.25, 0.3) is 0 Å². The van der Waals surface area contributed by atoms with Gasteiger partial charge in [-0.25, -0.2) is 0 Å². The molecule has 4 N–H and O–H groups in total. The second-order valence-corrected chi connectivity index (χ2v) is 4.88. The minimum Gasteiger partial charge on any atom is -0.397 e. The lowest BCUT2D eigenvalue weighted by molar-refractivity contribution is -0.122. The van der Waals surface area contributed by atoms with Crippen molar-refractivity contribution in [3.63, 3.8) is 0 Å². The van der Waals surface area contributed by atoms with E-state index in [1.165, 1.54) is 0 Å². The number of nitrogens with zero attached hydrogens (tertiary/aromatic N) is 1. The van der Waals surface area contributed by atoms with Gasteiger partial charge in [0, 0.05) is 25.0 Å². The van der Waals surface area contributed by atoms with Gasteiger partial charge in [-0.1, -0.05) is 11.6 Å². The van der Waals surface area contributed by atoms with E-state index in [1.54, 1.807) is 37.2 Å². The Morgan fingerprint density at radius 1 is 1.35 bits per heavy atom. The first-order valence-electron chi connectivity index (χ1n) is 6.16. The molecule has 1 aromatic rings. The van der Waals surface area contributed by atoms with Gasteiger partial charge < -0.3 is 16.4 Å². The van der Waals surface area contributed by atoms with Crippen LogP contribution < -0.4 is 16.4 Å². The first-order chi connectivity index (χ1) is 9.42. The predicted molar refractivity (Wildman–Crippen MR) is 80.7 cm³/mol. The number of likely N-dealkylation sites (N-methyl/N-ethyl adjacent to an activating group) is 1. The van der Waals surface area contributed by atoms with Gasteiger partial charge in [-0.2, -0.15) is 0 Å². The number of anilines is 2. The molecule has 0 aliphatic rings. The molecule has 2 amide bonds. The lowest BCUT2D eigenvalue weighted by Crippen LogP contribution is -2.33. The van der Waals surface area contributed by atoms with Crippen LogP contribution in [0.5, 0.6) is 0 Å². The molecule has 7 heteroatoms. The molecule has 1 aromatic carbocycles. The summed E-state index contributed by atoms with van der Waals surface area (Å²) in [6.45, 7) is 0.683. The van der Waals surface area contributed by atoms with Crippen molar-refractivity contribution in [2.45, 2.75) is 6.42 Å². The summed E-state index contributed by atoms with van der Waals surface area (Å²) in [5.41, 5.74) is 6.69. The summed E-state index contributed by atoms with van der Waals surface area (Å²) < 4.78 is 0. The molecule has 0 spiro atoms. The number of hydrogen-bond donors (Lipinski definition) is 3. The SMILES string of the molecule is CNC(=O)CCN(C)CC(=O)Nc1ccc(Cl)cc1N. The number of hydrogen-bond acceptors (Lipinski definition) is 4. The highest BCUT2D eigenvalue weighted by Gasteiger charge is 2.10. The molecule has 110 valence electrons. The minimum atomic E-state index is -0.196. The molecule has 0 atom stereocenters. The van der Waals surface area contributed by atoms with Gasteiger partial charge in [0.25, 0.3) is 0 Å². The van der Waals surface area contributed by atoms with Gasteiger partial charge in [-0.05, 0) is 25.2 Å². The number of carbonyl (C=O) groups is 2. The number of nitrogens with two attached hydrogens (primary N) is 1. The number of halogens is 1. The van der Waals surface area contributed by atoms with Crippen molar-refractivity contribution < 1.29 is 9.59 Å². The largest absolute Gasteiger partial charge is 0.397 e. The average molecular weight is 299 g/mol. The summed E-state index contributed by atoms with van der Waals surface area (Å²) in [6, 6.07) is 4.88. The van der Waals surface area contributed by atoms with Crippen LogP contribution in [0.15, 0.2) is 18.2 Å². The lowest BCUT2D eigenvalue weighted by Gasteiger charge is -2.16. The summed E-state index contributed by atoms with van der Waals surface area (Å²) in [6.07, 6.45) is 0.351. The molecule has 6 nitrogen and oxygen atoms in total. The van der Waals surface area contributed by atoms with Gasteiger partial charge in [0.1, 0.15) is 0 Å². The molecule has 0 unspecified atom stereocenters. The van der Waals surface area contributed by atoms with Crippen molar-refractivity contribution in [1.29, 1.82) is 0 Å². The van der Waals surface area contributed by atoms with E-state index in [0.29, 0.717) is 29.4 Å². The van der Waals surface area contributed by atoms with E-state index < -0.39 is 0 Å². The van der Waals surface area contributed by atoms with Gasteiger partial charge in [0.05, 0.1) is 17.9 Å². The Hall–Kier alpha value is -1.79. The molecule has 0 saturated carbocycles. The van der Waals surface area contributed by atoms with Crippen LogP contribution in [0.3, 0.4) is 0 Å². The van der Waals surface area contributed by atoms with Gasteiger partial charge in [-0.15, -0.1) is 0 Å². The number of carbonyl (C=O) groups excluding carboxylic acids is 2. The Morgan fingerprint density at radius 2 is 2.05 bits per heavy atom. The lowest BCUT2D eigenvalue weighted by atomic mass is 10.2. The Kier molecular flexibility index (Phi) is 6.27. The topological polar surface area (TPSA) is 87.5 Å². The second kappa shape index (κ2) is 7.72. The zero-order valence-electron chi connectivity index (χ0n) is 11.6. The van der Waals surface area contributed by atoms with E-state index in [2.05, 4.69) is 10.6 Å². The molecule has 0 aromatic heterocycles. The quantitative estimate of drug-likeness (QED) is 0.682. The van der Waals surface area contributed by atoms with E-state index in [4.69, 9.17) is 17.3 Å². The first-order valence-corrected chi connectivity index (χ1v) is 6.54. The van der Waals surface area contributed by atoms with Gasteiger partial charge in [0.15, 0.2) is 0 Å². The van der Waals surface area contributed by atoms with E-state index in [1.807, 2.05) is 0 Å². The van der Waals surface area contributed by atoms with Gasteiger partial charge in [-0.3, -0.25) is 14.5 Å². The maximum atomic E-state index is 11.8. The van der Waals surface area contributed by atoms with Crippen LogP contribution in [-0.2, 0) is 9.59 Å². The van der Waals surface area contributed by atoms with Crippen LogP contribution in [0.2, 0.25) is 5.02 Å². The molecule has 0 saturated heterocycles. The monoisotopic (exact) mass is 298 g/mol. The number of amides is 2. The summed E-state index contributed by atoms with van der Waals surface area (Å²) in [7, 11) is 3.35. The molecule has 0 aliphatic carbocycles. The Balaban J connectivity index is 2.45. The minimum absolute atomic E-state index is 0.0563. The Bertz CT molecular complexity index is 493. The maximum absolute atomic E-state index is 11.8. The third kappa shape index (κ3) is 5.46. The van der Waals surface area contributed by atoms with Gasteiger partial charge >= 0.3 is 0 Å². The number of benzene rings is 1. The zero-order valence-corrected chi connectivity index (χ0v) is 12.3. The van der Waals surface area contributed by atoms with E-state index in [-0.39, 0.29) is 18.4 Å². The Morgan fingerprint density at radius 3 is 2.65 bits per heavy atom. The molecular formula is C13H19ClN4O2. The number of nitrogen functional groups attached to an aromatic ring is 1. The third-order valence-corrected chi connectivity index (χ3v) is 2.94. The fraction of sp³-hybridized carbons (Fsp3) is 0.385. The predicted octanol–water partition coefficient (Wildman–Crippen LogP) is 0.929. The van der Waals surface area contributed by atoms with E-state index in [0.717, 1.165) is 0 Å². The normalized spacial score (nSPS) is 10.4. The van der Waals surface area contributed by atoms with Crippen molar-refractivity contribution in [1.82, 2.24) is 10.2 Å². The number of nitrogens with one attached hydrogen (secondary N) is 2. The van der Waals surface area contributed by atoms with Crippen molar-refractivity contribution in [2.24, 2.45) is 0 Å². The molecule has 0 fully saturated rings. The summed E-state index contributed by atoms with van der Waals surface area (Å²) in [4.78, 5) is 24.7. The average Bonchev–Trinajstić information content (AvgIpc) is 2.39. The molecule has 0 heterocycles. The third-order valence-electron chi connectivity index (χ3n) is 2.70. The molecule has 0 bridgehead atoms. The fourth-order valence-electron chi connectivity index (χ4n) is 1.58. The van der Waals surface area contributed by atoms with Crippen LogP contribution >= 0.6 is 11.6 Å². The highest BCUT2D eigenvalue weighted by molar-refractivity contribution is 6.31. The zero-order chi connectivity index (χ0) is 15.1. The smallest absolute Gasteiger partial charge is 0.238 e. The Labute approximate surface area is 123 Å². The van der Waals surface area contributed by atoms with Crippen LogP contribution in [-0.4, -0.2) is 43.9 Å². The van der Waals surface area contributed by atoms with Crippen molar-refractivity contribution in [3.05, 3.63) is 23.2 Å².